The van der Waals surface area contributed by atoms with Crippen molar-refractivity contribution in [3.05, 3.63) is 72.0 Å². The number of halogens is 1. The zero-order chi connectivity index (χ0) is 25.3. The van der Waals surface area contributed by atoms with Crippen LogP contribution in [0.4, 0.5) is 31.2 Å². The smallest absolute Gasteiger partial charge is 0.435 e. The van der Waals surface area contributed by atoms with Crippen LogP contribution in [0.1, 0.15) is 26.3 Å². The van der Waals surface area contributed by atoms with Crippen LogP contribution in [0.2, 0.25) is 0 Å². The fraction of sp³-hybridized carbons (Fsp3) is 0.192. The molecule has 0 spiro atoms. The van der Waals surface area contributed by atoms with E-state index in [2.05, 4.69) is 15.7 Å². The van der Waals surface area contributed by atoms with Crippen LogP contribution in [0, 0.1) is 12.7 Å². The summed E-state index contributed by atoms with van der Waals surface area (Å²) in [7, 11) is 0. The summed E-state index contributed by atoms with van der Waals surface area (Å²) in [4.78, 5) is 24.9. The topological polar surface area (TPSA) is 111 Å². The molecule has 35 heavy (non-hydrogen) atoms. The molecule has 1 aromatic heterocycles. The average molecular weight is 476 g/mol. The normalized spacial score (nSPS) is 11.3. The number of nitrogens with one attached hydrogen (secondary N) is 2. The highest BCUT2D eigenvalue weighted by atomic mass is 19.1. The highest BCUT2D eigenvalue weighted by molar-refractivity contribution is 6.05. The zero-order valence-corrected chi connectivity index (χ0v) is 19.8. The minimum absolute atomic E-state index is 0.100. The lowest BCUT2D eigenvalue weighted by Crippen LogP contribution is -2.27. The summed E-state index contributed by atoms with van der Waals surface area (Å²) in [6.07, 6.45) is -0.619. The fourth-order valence-electron chi connectivity index (χ4n) is 3.64. The Morgan fingerprint density at radius 3 is 2.43 bits per heavy atom. The molecule has 0 aliphatic carbocycles. The van der Waals surface area contributed by atoms with E-state index in [4.69, 9.17) is 10.5 Å². The van der Waals surface area contributed by atoms with E-state index in [0.717, 1.165) is 21.4 Å². The number of aromatic nitrogens is 2. The number of nitrogens with zero attached hydrogens (tertiary/aromatic N) is 2. The number of hydrogen-bond donors (Lipinski definition) is 3. The molecule has 180 valence electrons. The number of nitrogen functional groups attached to an aromatic ring is 1. The van der Waals surface area contributed by atoms with Gasteiger partial charge < -0.3 is 21.1 Å². The molecular formula is C26H26FN5O3. The van der Waals surface area contributed by atoms with Gasteiger partial charge in [-0.05, 0) is 74.7 Å². The third kappa shape index (κ3) is 5.24. The summed E-state index contributed by atoms with van der Waals surface area (Å²) in [5, 5.41) is 10.0. The number of ether oxygens (including phenoxy) is 1. The van der Waals surface area contributed by atoms with Gasteiger partial charge in [0.2, 0.25) is 0 Å². The first-order chi connectivity index (χ1) is 16.5. The number of urea groups is 1. The Kier molecular flexibility index (Phi) is 6.17. The molecule has 0 atom stereocenters. The van der Waals surface area contributed by atoms with Gasteiger partial charge in [-0.15, -0.1) is 5.10 Å². The maximum atomic E-state index is 13.9. The Hall–Kier alpha value is -4.40. The molecule has 0 saturated heterocycles. The van der Waals surface area contributed by atoms with Crippen LogP contribution in [-0.4, -0.2) is 27.5 Å². The van der Waals surface area contributed by atoms with Gasteiger partial charge in [0.05, 0.1) is 16.6 Å². The predicted octanol–water partition coefficient (Wildman–Crippen LogP) is 6.16. The lowest BCUT2D eigenvalue weighted by Gasteiger charge is -2.19. The number of amides is 2. The van der Waals surface area contributed by atoms with Crippen molar-refractivity contribution in [2.24, 2.45) is 0 Å². The van der Waals surface area contributed by atoms with Gasteiger partial charge in [-0.3, -0.25) is 0 Å². The Bertz CT molecular complexity index is 1420. The van der Waals surface area contributed by atoms with Gasteiger partial charge in [0.15, 0.2) is 5.82 Å². The molecule has 1 heterocycles. The van der Waals surface area contributed by atoms with Crippen molar-refractivity contribution in [2.45, 2.75) is 33.3 Å². The second kappa shape index (κ2) is 9.09. The monoisotopic (exact) mass is 475 g/mol. The highest BCUT2D eigenvalue weighted by Crippen LogP contribution is 2.33. The lowest BCUT2D eigenvalue weighted by molar-refractivity contribution is 0.0523. The number of carbonyl (C=O) groups excluding carboxylic acids is 2. The van der Waals surface area contributed by atoms with E-state index in [9.17, 15) is 14.0 Å². The largest absolute Gasteiger partial charge is 0.442 e. The molecule has 2 amide bonds. The number of anilines is 3. The summed E-state index contributed by atoms with van der Waals surface area (Å²) in [6.45, 7) is 7.14. The van der Waals surface area contributed by atoms with Crippen LogP contribution in [0.5, 0.6) is 0 Å². The van der Waals surface area contributed by atoms with Gasteiger partial charge in [-0.1, -0.05) is 30.3 Å². The Labute approximate surface area is 201 Å². The van der Waals surface area contributed by atoms with E-state index in [0.29, 0.717) is 16.6 Å². The first kappa shape index (κ1) is 23.7. The molecular weight excluding hydrogens is 449 g/mol. The summed E-state index contributed by atoms with van der Waals surface area (Å²) in [5.41, 5.74) is 9.04. The van der Waals surface area contributed by atoms with Gasteiger partial charge in [-0.25, -0.2) is 14.0 Å². The lowest BCUT2D eigenvalue weighted by atomic mass is 10.0. The maximum Gasteiger partial charge on any atom is 0.435 e. The van der Waals surface area contributed by atoms with Gasteiger partial charge >= 0.3 is 12.1 Å². The van der Waals surface area contributed by atoms with Crippen molar-refractivity contribution in [2.75, 3.05) is 16.4 Å². The molecule has 0 unspecified atom stereocenters. The highest BCUT2D eigenvalue weighted by Gasteiger charge is 2.23. The summed E-state index contributed by atoms with van der Waals surface area (Å²) in [6, 6.07) is 16.4. The van der Waals surface area contributed by atoms with Crippen molar-refractivity contribution in [3.8, 4) is 11.1 Å². The van der Waals surface area contributed by atoms with Gasteiger partial charge in [-0.2, -0.15) is 4.68 Å². The van der Waals surface area contributed by atoms with Crippen LogP contribution < -0.4 is 16.4 Å². The number of aryl methyl sites for hydroxylation is 1. The first-order valence-corrected chi connectivity index (χ1v) is 11.0. The number of benzene rings is 3. The second-order valence-electron chi connectivity index (χ2n) is 9.12. The summed E-state index contributed by atoms with van der Waals surface area (Å²) in [5.74, 6) is -0.318. The van der Waals surface area contributed by atoms with Crippen molar-refractivity contribution in [1.82, 2.24) is 9.78 Å². The molecule has 4 N–H and O–H groups in total. The van der Waals surface area contributed by atoms with Crippen LogP contribution in [-0.2, 0) is 4.74 Å². The minimum Gasteiger partial charge on any atom is -0.442 e. The molecule has 8 nitrogen and oxygen atoms in total. The number of fused-ring (bicyclic) bond motifs is 1. The average Bonchev–Trinajstić information content (AvgIpc) is 3.13. The van der Waals surface area contributed by atoms with Crippen LogP contribution in [0.3, 0.4) is 0 Å². The van der Waals surface area contributed by atoms with E-state index in [1.54, 1.807) is 57.2 Å². The van der Waals surface area contributed by atoms with Gasteiger partial charge in [0.1, 0.15) is 11.4 Å². The van der Waals surface area contributed by atoms with Crippen LogP contribution in [0.25, 0.3) is 22.0 Å². The molecule has 0 aliphatic rings. The SMILES string of the molecule is Cc1ccc(F)c(NC(=O)Nc2ccc(-c3cccc4c3c(N)nn4C(=O)OC(C)(C)C)cc2)c1. The van der Waals surface area contributed by atoms with Gasteiger partial charge in [0.25, 0.3) is 0 Å². The van der Waals surface area contributed by atoms with Gasteiger partial charge in [0, 0.05) is 5.69 Å². The molecule has 0 aliphatic heterocycles. The van der Waals surface area contributed by atoms with E-state index in [1.165, 1.54) is 6.07 Å². The van der Waals surface area contributed by atoms with Crippen LogP contribution >= 0.6 is 0 Å². The Balaban J connectivity index is 1.57. The predicted molar refractivity (Wildman–Crippen MR) is 135 cm³/mol. The Morgan fingerprint density at radius 1 is 1.03 bits per heavy atom. The van der Waals surface area contributed by atoms with Crippen molar-refractivity contribution in [3.63, 3.8) is 0 Å². The number of nitrogens with two attached hydrogens (primary N) is 1. The van der Waals surface area contributed by atoms with Crippen molar-refractivity contribution in [1.29, 1.82) is 0 Å². The van der Waals surface area contributed by atoms with Crippen molar-refractivity contribution >= 4 is 40.2 Å². The molecule has 4 aromatic rings. The van der Waals surface area contributed by atoms with E-state index < -0.39 is 23.5 Å². The molecule has 0 fully saturated rings. The molecule has 0 radical (unpaired) electrons. The first-order valence-electron chi connectivity index (χ1n) is 11.0. The minimum atomic E-state index is -0.679. The number of carbonyl (C=O) groups is 2. The third-order valence-electron chi connectivity index (χ3n) is 5.12. The van der Waals surface area contributed by atoms with Crippen molar-refractivity contribution < 1.29 is 18.7 Å². The maximum absolute atomic E-state index is 13.9. The number of hydrogen-bond acceptors (Lipinski definition) is 5. The standard InChI is InChI=1S/C26H26FN5O3/c1-15-8-13-19(27)20(14-15)30-24(33)29-17-11-9-16(10-12-17)18-6-5-7-21-22(18)23(28)31-32(21)25(34)35-26(2,3)4/h5-14H,1-4H3,(H2,28,31)(H2,29,30,33). The molecule has 4 rings (SSSR count). The van der Waals surface area contributed by atoms with E-state index in [1.807, 2.05) is 25.1 Å². The molecule has 9 heteroatoms. The fourth-order valence-corrected chi connectivity index (χ4v) is 3.64. The van der Waals surface area contributed by atoms with E-state index >= 15 is 0 Å². The zero-order valence-electron chi connectivity index (χ0n) is 19.8. The number of rotatable bonds is 3. The second-order valence-corrected chi connectivity index (χ2v) is 9.12. The molecule has 0 saturated carbocycles. The van der Waals surface area contributed by atoms with Crippen LogP contribution in [0.15, 0.2) is 60.7 Å². The third-order valence-corrected chi connectivity index (χ3v) is 5.12. The summed E-state index contributed by atoms with van der Waals surface area (Å²) < 4.78 is 20.5. The van der Waals surface area contributed by atoms with E-state index in [-0.39, 0.29) is 11.5 Å². The molecule has 3 aromatic carbocycles. The summed E-state index contributed by atoms with van der Waals surface area (Å²) >= 11 is 0. The Morgan fingerprint density at radius 2 is 1.74 bits per heavy atom. The molecule has 0 bridgehead atoms. The quantitative estimate of drug-likeness (QED) is 0.329.